The van der Waals surface area contributed by atoms with Crippen LogP contribution >= 0.6 is 0 Å². The van der Waals surface area contributed by atoms with Crippen LogP contribution in [0.3, 0.4) is 0 Å². The highest BCUT2D eigenvalue weighted by atomic mass is 16.5. The lowest BCUT2D eigenvalue weighted by atomic mass is 9.88. The summed E-state index contributed by atoms with van der Waals surface area (Å²) in [5, 5.41) is 3.15. The summed E-state index contributed by atoms with van der Waals surface area (Å²) in [5.74, 6) is 0.549. The molecule has 1 aromatic carbocycles. The zero-order chi connectivity index (χ0) is 21.1. The molecule has 1 spiro atoms. The maximum absolute atomic E-state index is 12.9. The third-order valence-electron chi connectivity index (χ3n) is 7.25. The number of carbonyl (C=O) groups excluding carboxylic acids is 2. The molecule has 30 heavy (non-hydrogen) atoms. The van der Waals surface area contributed by atoms with Crippen LogP contribution in [0, 0.1) is 19.8 Å². The van der Waals surface area contributed by atoms with E-state index in [-0.39, 0.29) is 29.4 Å². The molecule has 1 aromatic rings. The van der Waals surface area contributed by atoms with E-state index in [9.17, 15) is 9.59 Å². The predicted octanol–water partition coefficient (Wildman–Crippen LogP) is 4.15. The summed E-state index contributed by atoms with van der Waals surface area (Å²) in [6, 6.07) is 6.06. The van der Waals surface area contributed by atoms with Gasteiger partial charge < -0.3 is 15.0 Å². The molecule has 5 heteroatoms. The van der Waals surface area contributed by atoms with E-state index in [4.69, 9.17) is 4.74 Å². The van der Waals surface area contributed by atoms with Gasteiger partial charge in [0.15, 0.2) is 0 Å². The summed E-state index contributed by atoms with van der Waals surface area (Å²) >= 11 is 0. The van der Waals surface area contributed by atoms with Crippen LogP contribution in [0.25, 0.3) is 0 Å². The fourth-order valence-electron chi connectivity index (χ4n) is 5.53. The van der Waals surface area contributed by atoms with Crippen molar-refractivity contribution in [2.75, 3.05) is 19.6 Å². The molecule has 164 valence electrons. The molecule has 5 nitrogen and oxygen atoms in total. The Morgan fingerprint density at radius 1 is 1.00 bits per heavy atom. The number of rotatable bonds is 4. The molecule has 0 aromatic heterocycles. The zero-order valence-electron chi connectivity index (χ0n) is 18.5. The lowest BCUT2D eigenvalue weighted by Gasteiger charge is -2.39. The van der Waals surface area contributed by atoms with E-state index >= 15 is 0 Å². The SMILES string of the molecule is Cc1cc(C)cc(C(=O)N2CCC3(CCC(CNC(=O)C4CCCCC4)O3)CC2)c1. The summed E-state index contributed by atoms with van der Waals surface area (Å²) in [6.07, 6.45) is 9.60. The van der Waals surface area contributed by atoms with Gasteiger partial charge in [-0.15, -0.1) is 0 Å². The minimum absolute atomic E-state index is 0.110. The molecule has 0 bridgehead atoms. The number of hydrogen-bond acceptors (Lipinski definition) is 3. The normalized spacial score (nSPS) is 24.2. The van der Waals surface area contributed by atoms with Crippen molar-refractivity contribution in [3.63, 3.8) is 0 Å². The highest BCUT2D eigenvalue weighted by molar-refractivity contribution is 5.94. The molecule has 2 aliphatic heterocycles. The number of piperidine rings is 1. The van der Waals surface area contributed by atoms with Gasteiger partial charge in [0.25, 0.3) is 5.91 Å². The minimum atomic E-state index is -0.112. The van der Waals surface area contributed by atoms with Crippen molar-refractivity contribution in [3.05, 3.63) is 34.9 Å². The highest BCUT2D eigenvalue weighted by Gasteiger charge is 2.43. The minimum Gasteiger partial charge on any atom is -0.370 e. The van der Waals surface area contributed by atoms with E-state index in [1.807, 2.05) is 30.9 Å². The van der Waals surface area contributed by atoms with Gasteiger partial charge in [-0.05, 0) is 64.5 Å². The Labute approximate surface area is 180 Å². The molecular weight excluding hydrogens is 376 g/mol. The monoisotopic (exact) mass is 412 g/mol. The largest absolute Gasteiger partial charge is 0.370 e. The third kappa shape index (κ3) is 4.88. The van der Waals surface area contributed by atoms with Gasteiger partial charge in [0.2, 0.25) is 5.91 Å². The second kappa shape index (κ2) is 9.09. The Morgan fingerprint density at radius 2 is 1.67 bits per heavy atom. The van der Waals surface area contributed by atoms with Gasteiger partial charge in [-0.1, -0.05) is 36.5 Å². The Morgan fingerprint density at radius 3 is 2.33 bits per heavy atom. The van der Waals surface area contributed by atoms with Gasteiger partial charge >= 0.3 is 0 Å². The van der Waals surface area contributed by atoms with E-state index in [0.29, 0.717) is 6.54 Å². The van der Waals surface area contributed by atoms with Crippen molar-refractivity contribution in [2.45, 2.75) is 83.3 Å². The number of nitrogens with zero attached hydrogens (tertiary/aromatic N) is 1. The van der Waals surface area contributed by atoms with Gasteiger partial charge in [-0.2, -0.15) is 0 Å². The molecule has 3 fully saturated rings. The lowest BCUT2D eigenvalue weighted by molar-refractivity contribution is -0.127. The third-order valence-corrected chi connectivity index (χ3v) is 7.25. The van der Waals surface area contributed by atoms with Gasteiger partial charge in [0.1, 0.15) is 0 Å². The summed E-state index contributed by atoms with van der Waals surface area (Å²) in [5.41, 5.74) is 2.94. The number of ether oxygens (including phenoxy) is 1. The molecule has 0 radical (unpaired) electrons. The average Bonchev–Trinajstić information content (AvgIpc) is 3.14. The highest BCUT2D eigenvalue weighted by Crippen LogP contribution is 2.39. The van der Waals surface area contributed by atoms with Crippen molar-refractivity contribution in [1.29, 1.82) is 0 Å². The molecule has 2 amide bonds. The molecule has 4 rings (SSSR count). The Kier molecular flexibility index (Phi) is 6.47. The summed E-state index contributed by atoms with van der Waals surface area (Å²) < 4.78 is 6.45. The van der Waals surface area contributed by atoms with Gasteiger partial charge in [-0.3, -0.25) is 9.59 Å². The van der Waals surface area contributed by atoms with Crippen molar-refractivity contribution in [1.82, 2.24) is 10.2 Å². The Balaban J connectivity index is 1.25. The number of nitrogens with one attached hydrogen (secondary N) is 1. The summed E-state index contributed by atoms with van der Waals surface area (Å²) in [6.45, 7) is 6.19. The van der Waals surface area contributed by atoms with Crippen LogP contribution in [0.15, 0.2) is 18.2 Å². The molecule has 2 heterocycles. The number of benzene rings is 1. The maximum Gasteiger partial charge on any atom is 0.253 e. The van der Waals surface area contributed by atoms with Gasteiger partial charge in [0.05, 0.1) is 11.7 Å². The molecular formula is C25H36N2O3. The van der Waals surface area contributed by atoms with Crippen LogP contribution in [0.2, 0.25) is 0 Å². The quantitative estimate of drug-likeness (QED) is 0.808. The van der Waals surface area contributed by atoms with Crippen molar-refractivity contribution < 1.29 is 14.3 Å². The van der Waals surface area contributed by atoms with Gasteiger partial charge in [0, 0.05) is 31.1 Å². The fraction of sp³-hybridized carbons (Fsp3) is 0.680. The second-order valence-electron chi connectivity index (χ2n) is 9.71. The lowest BCUT2D eigenvalue weighted by Crippen LogP contribution is -2.47. The zero-order valence-corrected chi connectivity index (χ0v) is 18.5. The van der Waals surface area contributed by atoms with E-state index < -0.39 is 0 Å². The molecule has 2 saturated heterocycles. The second-order valence-corrected chi connectivity index (χ2v) is 9.71. The van der Waals surface area contributed by atoms with E-state index in [0.717, 1.165) is 68.3 Å². The van der Waals surface area contributed by atoms with Crippen LogP contribution in [-0.4, -0.2) is 48.1 Å². The first kappa shape index (κ1) is 21.4. The summed E-state index contributed by atoms with van der Waals surface area (Å²) in [4.78, 5) is 27.3. The average molecular weight is 413 g/mol. The standard InChI is InChI=1S/C25H36N2O3/c1-18-14-19(2)16-21(15-18)24(29)27-12-10-25(11-13-27)9-8-22(30-25)17-26-23(28)20-6-4-3-5-7-20/h14-16,20,22H,3-13,17H2,1-2H3,(H,26,28). The number of hydrogen-bond donors (Lipinski definition) is 1. The predicted molar refractivity (Wildman–Crippen MR) is 117 cm³/mol. The number of amides is 2. The van der Waals surface area contributed by atoms with Crippen LogP contribution in [0.4, 0.5) is 0 Å². The first-order valence-corrected chi connectivity index (χ1v) is 11.8. The van der Waals surface area contributed by atoms with E-state index in [1.165, 1.54) is 19.3 Å². The molecule has 1 unspecified atom stereocenters. The van der Waals surface area contributed by atoms with E-state index in [1.54, 1.807) is 0 Å². The number of likely N-dealkylation sites (tertiary alicyclic amines) is 1. The summed E-state index contributed by atoms with van der Waals surface area (Å²) in [7, 11) is 0. The smallest absolute Gasteiger partial charge is 0.253 e. The van der Waals surface area contributed by atoms with Crippen LogP contribution in [-0.2, 0) is 9.53 Å². The van der Waals surface area contributed by atoms with Crippen LogP contribution in [0.5, 0.6) is 0 Å². The van der Waals surface area contributed by atoms with Crippen molar-refractivity contribution in [2.24, 2.45) is 5.92 Å². The van der Waals surface area contributed by atoms with Gasteiger partial charge in [-0.25, -0.2) is 0 Å². The molecule has 1 atom stereocenters. The molecule has 3 aliphatic rings. The Hall–Kier alpha value is -1.88. The van der Waals surface area contributed by atoms with Crippen LogP contribution < -0.4 is 5.32 Å². The van der Waals surface area contributed by atoms with Crippen molar-refractivity contribution in [3.8, 4) is 0 Å². The van der Waals surface area contributed by atoms with E-state index in [2.05, 4.69) is 11.4 Å². The molecule has 1 saturated carbocycles. The fourth-order valence-corrected chi connectivity index (χ4v) is 5.53. The number of aryl methyl sites for hydroxylation is 2. The number of carbonyl (C=O) groups is 2. The topological polar surface area (TPSA) is 58.6 Å². The van der Waals surface area contributed by atoms with Crippen LogP contribution in [0.1, 0.15) is 79.3 Å². The Bertz CT molecular complexity index is 756. The molecule has 1 N–H and O–H groups in total. The first-order valence-electron chi connectivity index (χ1n) is 11.8. The van der Waals surface area contributed by atoms with Crippen molar-refractivity contribution >= 4 is 11.8 Å². The molecule has 1 aliphatic carbocycles. The first-order chi connectivity index (χ1) is 14.4. The maximum atomic E-state index is 12.9.